The van der Waals surface area contributed by atoms with Gasteiger partial charge >= 0.3 is 0 Å². The molecule has 3 rings (SSSR count). The van der Waals surface area contributed by atoms with Crippen LogP contribution in [0.2, 0.25) is 0 Å². The number of aromatic nitrogens is 2. The second-order valence-electron chi connectivity index (χ2n) is 4.56. The largest absolute Gasteiger partial charge is 0.373 e. The molecular formula is C12H17N3S. The van der Waals surface area contributed by atoms with E-state index in [9.17, 15) is 0 Å². The minimum Gasteiger partial charge on any atom is -0.373 e. The Bertz CT molecular complexity index is 384. The molecule has 0 spiro atoms. The van der Waals surface area contributed by atoms with Gasteiger partial charge in [0, 0.05) is 24.7 Å². The topological polar surface area (TPSA) is 37.8 Å². The zero-order valence-electron chi connectivity index (χ0n) is 9.57. The van der Waals surface area contributed by atoms with E-state index in [-0.39, 0.29) is 0 Å². The average molecular weight is 235 g/mol. The van der Waals surface area contributed by atoms with E-state index in [1.807, 2.05) is 18.8 Å². The van der Waals surface area contributed by atoms with E-state index in [1.165, 1.54) is 37.1 Å². The summed E-state index contributed by atoms with van der Waals surface area (Å²) in [5.41, 5.74) is 1.25. The monoisotopic (exact) mass is 235 g/mol. The van der Waals surface area contributed by atoms with Crippen molar-refractivity contribution in [2.24, 2.45) is 0 Å². The molecule has 0 amide bonds. The first-order valence-electron chi connectivity index (χ1n) is 6.05. The zero-order valence-corrected chi connectivity index (χ0v) is 10.4. The van der Waals surface area contributed by atoms with Crippen molar-refractivity contribution in [3.63, 3.8) is 0 Å². The Hall–Kier alpha value is -0.770. The van der Waals surface area contributed by atoms with Crippen LogP contribution >= 0.6 is 11.8 Å². The van der Waals surface area contributed by atoms with Gasteiger partial charge in [0.05, 0.1) is 5.25 Å². The van der Waals surface area contributed by atoms with Gasteiger partial charge in [0.1, 0.15) is 11.6 Å². The van der Waals surface area contributed by atoms with Gasteiger partial charge in [-0.25, -0.2) is 9.97 Å². The van der Waals surface area contributed by atoms with E-state index >= 15 is 0 Å². The summed E-state index contributed by atoms with van der Waals surface area (Å²) in [6.45, 7) is 0. The molecule has 3 nitrogen and oxygen atoms in total. The SMILES string of the molecule is CNc1cc(C2CC2)nc(C2CCCS2)n1. The summed E-state index contributed by atoms with van der Waals surface area (Å²) in [6, 6.07) is 2.11. The third kappa shape index (κ3) is 2.03. The van der Waals surface area contributed by atoms with Gasteiger partial charge in [-0.05, 0) is 31.4 Å². The molecule has 16 heavy (non-hydrogen) atoms. The maximum absolute atomic E-state index is 4.75. The van der Waals surface area contributed by atoms with Crippen molar-refractivity contribution in [2.45, 2.75) is 36.9 Å². The minimum absolute atomic E-state index is 0.533. The summed E-state index contributed by atoms with van der Waals surface area (Å²) in [4.78, 5) is 9.35. The average Bonchev–Trinajstić information content (AvgIpc) is 3.04. The first kappa shape index (κ1) is 10.4. The fraction of sp³-hybridized carbons (Fsp3) is 0.667. The number of nitrogens with one attached hydrogen (secondary N) is 1. The molecule has 1 aromatic heterocycles. The Kier molecular flexibility index (Phi) is 2.75. The van der Waals surface area contributed by atoms with Crippen LogP contribution in [-0.4, -0.2) is 22.8 Å². The molecular weight excluding hydrogens is 218 g/mol. The van der Waals surface area contributed by atoms with E-state index in [2.05, 4.69) is 16.4 Å². The highest BCUT2D eigenvalue weighted by molar-refractivity contribution is 7.99. The number of nitrogens with zero attached hydrogens (tertiary/aromatic N) is 2. The number of rotatable bonds is 3. The number of hydrogen-bond donors (Lipinski definition) is 1. The summed E-state index contributed by atoms with van der Waals surface area (Å²) in [6.07, 6.45) is 5.15. The molecule has 0 aromatic carbocycles. The van der Waals surface area contributed by atoms with Crippen molar-refractivity contribution in [3.05, 3.63) is 17.6 Å². The Morgan fingerprint density at radius 3 is 2.81 bits per heavy atom. The molecule has 2 fully saturated rings. The lowest BCUT2D eigenvalue weighted by Crippen LogP contribution is -2.04. The number of anilines is 1. The standard InChI is InChI=1S/C12H17N3S/c1-13-11-7-9(8-4-5-8)14-12(15-11)10-3-2-6-16-10/h7-8,10H,2-6H2,1H3,(H,13,14,15). The van der Waals surface area contributed by atoms with Gasteiger partial charge in [-0.3, -0.25) is 0 Å². The third-order valence-corrected chi connectivity index (χ3v) is 4.61. The van der Waals surface area contributed by atoms with Gasteiger partial charge < -0.3 is 5.32 Å². The van der Waals surface area contributed by atoms with Gasteiger partial charge in [0.2, 0.25) is 0 Å². The van der Waals surface area contributed by atoms with Crippen LogP contribution < -0.4 is 5.32 Å². The van der Waals surface area contributed by atoms with E-state index in [1.54, 1.807) is 0 Å². The Morgan fingerprint density at radius 2 is 2.19 bits per heavy atom. The molecule has 1 aliphatic carbocycles. The smallest absolute Gasteiger partial charge is 0.143 e. The molecule has 0 radical (unpaired) electrons. The molecule has 1 saturated carbocycles. The van der Waals surface area contributed by atoms with Crippen LogP contribution in [-0.2, 0) is 0 Å². The Balaban J connectivity index is 1.92. The highest BCUT2D eigenvalue weighted by atomic mass is 32.2. The van der Waals surface area contributed by atoms with Crippen molar-refractivity contribution in [1.29, 1.82) is 0 Å². The van der Waals surface area contributed by atoms with Crippen LogP contribution in [0.4, 0.5) is 5.82 Å². The van der Waals surface area contributed by atoms with E-state index < -0.39 is 0 Å². The van der Waals surface area contributed by atoms with Gasteiger partial charge in [0.25, 0.3) is 0 Å². The van der Waals surface area contributed by atoms with Crippen molar-refractivity contribution in [3.8, 4) is 0 Å². The second-order valence-corrected chi connectivity index (χ2v) is 5.87. The Morgan fingerprint density at radius 1 is 1.31 bits per heavy atom. The van der Waals surface area contributed by atoms with Crippen molar-refractivity contribution in [1.82, 2.24) is 9.97 Å². The first-order valence-corrected chi connectivity index (χ1v) is 7.10. The first-order chi connectivity index (χ1) is 7.86. The van der Waals surface area contributed by atoms with Crippen LogP contribution in [0.1, 0.15) is 48.4 Å². The molecule has 2 aliphatic rings. The summed E-state index contributed by atoms with van der Waals surface area (Å²) in [7, 11) is 1.94. The number of hydrogen-bond acceptors (Lipinski definition) is 4. The van der Waals surface area contributed by atoms with Crippen molar-refractivity contribution in [2.75, 3.05) is 18.1 Å². The minimum atomic E-state index is 0.533. The molecule has 1 aromatic rings. The maximum Gasteiger partial charge on any atom is 0.143 e. The molecule has 1 N–H and O–H groups in total. The predicted octanol–water partition coefficient (Wildman–Crippen LogP) is 2.96. The molecule has 1 unspecified atom stereocenters. The normalized spacial score (nSPS) is 24.7. The van der Waals surface area contributed by atoms with Crippen LogP contribution in [0.3, 0.4) is 0 Å². The quantitative estimate of drug-likeness (QED) is 0.874. The molecule has 1 atom stereocenters. The lowest BCUT2D eigenvalue weighted by atomic mass is 10.2. The van der Waals surface area contributed by atoms with Crippen LogP contribution in [0.5, 0.6) is 0 Å². The van der Waals surface area contributed by atoms with Crippen LogP contribution in [0.15, 0.2) is 6.07 Å². The fourth-order valence-corrected chi connectivity index (χ4v) is 3.33. The lowest BCUT2D eigenvalue weighted by molar-refractivity contribution is 0.766. The van der Waals surface area contributed by atoms with Crippen molar-refractivity contribution >= 4 is 17.6 Å². The van der Waals surface area contributed by atoms with Crippen molar-refractivity contribution < 1.29 is 0 Å². The van der Waals surface area contributed by atoms with Gasteiger partial charge in [-0.1, -0.05) is 0 Å². The molecule has 4 heteroatoms. The molecule has 1 aliphatic heterocycles. The predicted molar refractivity (Wildman–Crippen MR) is 68.0 cm³/mol. The molecule has 2 heterocycles. The Labute approximate surface area is 100 Å². The van der Waals surface area contributed by atoms with Gasteiger partial charge in [-0.2, -0.15) is 11.8 Å². The lowest BCUT2D eigenvalue weighted by Gasteiger charge is -2.11. The van der Waals surface area contributed by atoms with E-state index in [0.29, 0.717) is 11.2 Å². The van der Waals surface area contributed by atoms with Crippen LogP contribution in [0, 0.1) is 0 Å². The molecule has 86 valence electrons. The van der Waals surface area contributed by atoms with Gasteiger partial charge in [0.15, 0.2) is 0 Å². The fourth-order valence-electron chi connectivity index (χ4n) is 2.13. The van der Waals surface area contributed by atoms with E-state index in [0.717, 1.165) is 11.6 Å². The summed E-state index contributed by atoms with van der Waals surface area (Å²) < 4.78 is 0. The molecule has 0 bridgehead atoms. The summed E-state index contributed by atoms with van der Waals surface area (Å²) in [5.74, 6) is 4.01. The maximum atomic E-state index is 4.75. The highest BCUT2D eigenvalue weighted by Gasteiger charge is 2.28. The third-order valence-electron chi connectivity index (χ3n) is 3.23. The van der Waals surface area contributed by atoms with E-state index in [4.69, 9.17) is 4.98 Å². The molecule has 1 saturated heterocycles. The number of thioether (sulfide) groups is 1. The summed E-state index contributed by atoms with van der Waals surface area (Å²) >= 11 is 2.00. The summed E-state index contributed by atoms with van der Waals surface area (Å²) in [5, 5.41) is 3.69. The zero-order chi connectivity index (χ0) is 11.0. The van der Waals surface area contributed by atoms with Gasteiger partial charge in [-0.15, -0.1) is 0 Å². The second kappa shape index (κ2) is 4.24. The van der Waals surface area contributed by atoms with Crippen LogP contribution in [0.25, 0.3) is 0 Å². The highest BCUT2D eigenvalue weighted by Crippen LogP contribution is 2.42.